The number of benzene rings is 1. The SMILES string of the molecule is CC(C)c1ccc(CO)cc1C(C)C. The molecule has 0 aliphatic rings. The second-order valence-corrected chi connectivity index (χ2v) is 4.43. The average molecular weight is 192 g/mol. The molecule has 0 unspecified atom stereocenters. The van der Waals surface area contributed by atoms with Crippen LogP contribution in [-0.4, -0.2) is 5.11 Å². The first-order valence-electron chi connectivity index (χ1n) is 5.29. The van der Waals surface area contributed by atoms with E-state index >= 15 is 0 Å². The van der Waals surface area contributed by atoms with Crippen LogP contribution in [0.15, 0.2) is 18.2 Å². The standard InChI is InChI=1S/C13H20O/c1-9(2)12-6-5-11(8-14)7-13(12)10(3)4/h5-7,9-10,14H,8H2,1-4H3. The molecule has 0 bridgehead atoms. The molecule has 1 rings (SSSR count). The Kier molecular flexibility index (Phi) is 3.70. The summed E-state index contributed by atoms with van der Waals surface area (Å²) in [5.74, 6) is 1.08. The largest absolute Gasteiger partial charge is 0.392 e. The van der Waals surface area contributed by atoms with E-state index in [1.165, 1.54) is 11.1 Å². The molecule has 0 aliphatic heterocycles. The van der Waals surface area contributed by atoms with Crippen LogP contribution in [0.2, 0.25) is 0 Å². The van der Waals surface area contributed by atoms with E-state index in [1.54, 1.807) is 0 Å². The van der Waals surface area contributed by atoms with Crippen molar-refractivity contribution in [2.24, 2.45) is 0 Å². The predicted octanol–water partition coefficient (Wildman–Crippen LogP) is 3.43. The van der Waals surface area contributed by atoms with Gasteiger partial charge in [0.25, 0.3) is 0 Å². The molecule has 1 N–H and O–H groups in total. The summed E-state index contributed by atoms with van der Waals surface area (Å²) in [6.45, 7) is 8.95. The van der Waals surface area contributed by atoms with E-state index < -0.39 is 0 Å². The number of rotatable bonds is 3. The van der Waals surface area contributed by atoms with Crippen molar-refractivity contribution in [1.82, 2.24) is 0 Å². The minimum absolute atomic E-state index is 0.137. The van der Waals surface area contributed by atoms with E-state index in [4.69, 9.17) is 5.11 Å². The lowest BCUT2D eigenvalue weighted by Gasteiger charge is -2.16. The Morgan fingerprint density at radius 2 is 1.57 bits per heavy atom. The third-order valence-electron chi connectivity index (χ3n) is 2.58. The highest BCUT2D eigenvalue weighted by Crippen LogP contribution is 2.26. The van der Waals surface area contributed by atoms with Crippen molar-refractivity contribution < 1.29 is 5.11 Å². The van der Waals surface area contributed by atoms with Gasteiger partial charge in [-0.05, 0) is 28.5 Å². The lowest BCUT2D eigenvalue weighted by atomic mass is 9.89. The van der Waals surface area contributed by atoms with Crippen LogP contribution in [0.3, 0.4) is 0 Å². The van der Waals surface area contributed by atoms with Gasteiger partial charge in [0.2, 0.25) is 0 Å². The summed E-state index contributed by atoms with van der Waals surface area (Å²) in [6, 6.07) is 6.28. The molecular weight excluding hydrogens is 172 g/mol. The summed E-state index contributed by atoms with van der Waals surface area (Å²) >= 11 is 0. The van der Waals surface area contributed by atoms with Crippen molar-refractivity contribution in [3.63, 3.8) is 0 Å². The molecule has 0 amide bonds. The van der Waals surface area contributed by atoms with Gasteiger partial charge in [0.05, 0.1) is 6.61 Å². The van der Waals surface area contributed by atoms with Gasteiger partial charge in [0, 0.05) is 0 Å². The van der Waals surface area contributed by atoms with E-state index in [0.717, 1.165) is 5.56 Å². The van der Waals surface area contributed by atoms with Gasteiger partial charge in [0.15, 0.2) is 0 Å². The van der Waals surface area contributed by atoms with E-state index in [0.29, 0.717) is 11.8 Å². The zero-order valence-corrected chi connectivity index (χ0v) is 9.54. The molecule has 0 heterocycles. The Labute approximate surface area is 86.8 Å². The maximum atomic E-state index is 9.07. The highest BCUT2D eigenvalue weighted by molar-refractivity contribution is 5.35. The van der Waals surface area contributed by atoms with Gasteiger partial charge in [-0.15, -0.1) is 0 Å². The predicted molar refractivity (Wildman–Crippen MR) is 60.5 cm³/mol. The van der Waals surface area contributed by atoms with Crippen LogP contribution in [0.25, 0.3) is 0 Å². The smallest absolute Gasteiger partial charge is 0.0681 e. The fourth-order valence-electron chi connectivity index (χ4n) is 1.75. The Balaban J connectivity index is 3.17. The lowest BCUT2D eigenvalue weighted by molar-refractivity contribution is 0.281. The Hall–Kier alpha value is -0.820. The molecule has 14 heavy (non-hydrogen) atoms. The third-order valence-corrected chi connectivity index (χ3v) is 2.58. The maximum absolute atomic E-state index is 9.07. The molecular formula is C13H20O. The van der Waals surface area contributed by atoms with E-state index in [-0.39, 0.29) is 6.61 Å². The summed E-state index contributed by atoms with van der Waals surface area (Å²) in [7, 11) is 0. The molecule has 1 heteroatoms. The van der Waals surface area contributed by atoms with E-state index in [1.807, 2.05) is 6.07 Å². The molecule has 1 aromatic carbocycles. The number of hydrogen-bond acceptors (Lipinski definition) is 1. The fraction of sp³-hybridized carbons (Fsp3) is 0.538. The van der Waals surface area contributed by atoms with Crippen molar-refractivity contribution in [2.75, 3.05) is 0 Å². The molecule has 0 saturated heterocycles. The normalized spacial score (nSPS) is 11.4. The van der Waals surface area contributed by atoms with Gasteiger partial charge in [0.1, 0.15) is 0 Å². The first kappa shape index (κ1) is 11.3. The van der Waals surface area contributed by atoms with Crippen LogP contribution in [-0.2, 0) is 6.61 Å². The molecule has 1 aromatic rings. The molecule has 0 radical (unpaired) electrons. The summed E-state index contributed by atoms with van der Waals surface area (Å²) in [6.07, 6.45) is 0. The first-order chi connectivity index (χ1) is 6.56. The molecule has 0 spiro atoms. The van der Waals surface area contributed by atoms with Crippen molar-refractivity contribution in [1.29, 1.82) is 0 Å². The summed E-state index contributed by atoms with van der Waals surface area (Å²) in [5, 5.41) is 9.07. The van der Waals surface area contributed by atoms with E-state index in [2.05, 4.69) is 39.8 Å². The topological polar surface area (TPSA) is 20.2 Å². The third kappa shape index (κ3) is 2.36. The maximum Gasteiger partial charge on any atom is 0.0681 e. The van der Waals surface area contributed by atoms with Gasteiger partial charge in [-0.2, -0.15) is 0 Å². The Morgan fingerprint density at radius 1 is 1.00 bits per heavy atom. The van der Waals surface area contributed by atoms with Crippen LogP contribution < -0.4 is 0 Å². The zero-order chi connectivity index (χ0) is 10.7. The second kappa shape index (κ2) is 4.61. The van der Waals surface area contributed by atoms with Crippen LogP contribution in [0, 0.1) is 0 Å². The molecule has 0 fully saturated rings. The van der Waals surface area contributed by atoms with Crippen LogP contribution in [0.1, 0.15) is 56.2 Å². The zero-order valence-electron chi connectivity index (χ0n) is 9.54. The van der Waals surface area contributed by atoms with Gasteiger partial charge in [-0.3, -0.25) is 0 Å². The summed E-state index contributed by atoms with van der Waals surface area (Å²) < 4.78 is 0. The second-order valence-electron chi connectivity index (χ2n) is 4.43. The molecule has 0 aliphatic carbocycles. The van der Waals surface area contributed by atoms with Crippen LogP contribution in [0.5, 0.6) is 0 Å². The Bertz CT molecular complexity index is 300. The quantitative estimate of drug-likeness (QED) is 0.778. The minimum Gasteiger partial charge on any atom is -0.392 e. The number of aliphatic hydroxyl groups is 1. The molecule has 1 nitrogen and oxygen atoms in total. The van der Waals surface area contributed by atoms with Crippen molar-refractivity contribution >= 4 is 0 Å². The summed E-state index contributed by atoms with van der Waals surface area (Å²) in [4.78, 5) is 0. The first-order valence-corrected chi connectivity index (χ1v) is 5.29. The van der Waals surface area contributed by atoms with Crippen LogP contribution >= 0.6 is 0 Å². The van der Waals surface area contributed by atoms with Gasteiger partial charge < -0.3 is 5.11 Å². The highest BCUT2D eigenvalue weighted by Gasteiger charge is 2.10. The summed E-state index contributed by atoms with van der Waals surface area (Å²) in [5.41, 5.74) is 3.78. The highest BCUT2D eigenvalue weighted by atomic mass is 16.3. The number of aliphatic hydroxyl groups excluding tert-OH is 1. The van der Waals surface area contributed by atoms with Crippen molar-refractivity contribution in [3.05, 3.63) is 34.9 Å². The van der Waals surface area contributed by atoms with E-state index in [9.17, 15) is 0 Å². The van der Waals surface area contributed by atoms with Crippen LogP contribution in [0.4, 0.5) is 0 Å². The Morgan fingerprint density at radius 3 is 2.00 bits per heavy atom. The van der Waals surface area contributed by atoms with Gasteiger partial charge in [-0.25, -0.2) is 0 Å². The minimum atomic E-state index is 0.137. The molecule has 78 valence electrons. The van der Waals surface area contributed by atoms with Crippen molar-refractivity contribution in [2.45, 2.75) is 46.1 Å². The molecule has 0 saturated carbocycles. The van der Waals surface area contributed by atoms with Gasteiger partial charge >= 0.3 is 0 Å². The average Bonchev–Trinajstić information content (AvgIpc) is 2.16. The van der Waals surface area contributed by atoms with Crippen molar-refractivity contribution in [3.8, 4) is 0 Å². The number of hydrogen-bond donors (Lipinski definition) is 1. The molecule has 0 aromatic heterocycles. The fourth-order valence-corrected chi connectivity index (χ4v) is 1.75. The monoisotopic (exact) mass is 192 g/mol. The molecule has 0 atom stereocenters. The van der Waals surface area contributed by atoms with Gasteiger partial charge in [-0.1, -0.05) is 45.9 Å². The lowest BCUT2D eigenvalue weighted by Crippen LogP contribution is -2.00.